The van der Waals surface area contributed by atoms with Gasteiger partial charge in [0.15, 0.2) is 6.10 Å². The summed E-state index contributed by atoms with van der Waals surface area (Å²) in [6.07, 6.45) is -2.21. The van der Waals surface area contributed by atoms with Gasteiger partial charge in [-0.1, -0.05) is 30.3 Å². The third-order valence-electron chi connectivity index (χ3n) is 2.44. The second-order valence-corrected chi connectivity index (χ2v) is 4.20. The van der Waals surface area contributed by atoms with Crippen LogP contribution >= 0.6 is 0 Å². The first-order valence-corrected chi connectivity index (χ1v) is 5.87. The zero-order chi connectivity index (χ0) is 14.3. The summed E-state index contributed by atoms with van der Waals surface area (Å²) in [5.74, 6) is -1.31. The molecule has 3 N–H and O–H groups in total. The smallest absolute Gasteiger partial charge is 0.407 e. The standard InChI is InChI=1S/C13H17NO5/c1-9(7-11(15)12(16)17)14-13(18)19-8-10-5-3-2-4-6-10/h2-6,9,11,15H,7-8H2,1H3,(H,14,18)(H,16,17). The molecule has 6 nitrogen and oxygen atoms in total. The van der Waals surface area contributed by atoms with Gasteiger partial charge in [0.25, 0.3) is 0 Å². The lowest BCUT2D eigenvalue weighted by Crippen LogP contribution is -2.37. The minimum absolute atomic E-state index is 0.0736. The Morgan fingerprint density at radius 2 is 1.95 bits per heavy atom. The van der Waals surface area contributed by atoms with E-state index in [0.29, 0.717) is 0 Å². The van der Waals surface area contributed by atoms with Crippen molar-refractivity contribution in [1.82, 2.24) is 5.32 Å². The molecule has 0 aliphatic heterocycles. The Kier molecular flexibility index (Phi) is 5.81. The van der Waals surface area contributed by atoms with Crippen LogP contribution < -0.4 is 5.32 Å². The third-order valence-corrected chi connectivity index (χ3v) is 2.44. The van der Waals surface area contributed by atoms with Gasteiger partial charge in [-0.3, -0.25) is 0 Å². The molecular weight excluding hydrogens is 250 g/mol. The summed E-state index contributed by atoms with van der Waals surface area (Å²) in [5, 5.41) is 20.1. The van der Waals surface area contributed by atoms with Crippen LogP contribution in [0.2, 0.25) is 0 Å². The number of carbonyl (C=O) groups is 2. The molecule has 0 heterocycles. The lowest BCUT2D eigenvalue weighted by molar-refractivity contribution is -0.147. The number of amides is 1. The van der Waals surface area contributed by atoms with E-state index in [2.05, 4.69) is 5.32 Å². The van der Waals surface area contributed by atoms with E-state index < -0.39 is 24.2 Å². The number of aliphatic carboxylic acids is 1. The van der Waals surface area contributed by atoms with Gasteiger partial charge in [0.05, 0.1) is 0 Å². The van der Waals surface area contributed by atoms with Crippen LogP contribution in [0.25, 0.3) is 0 Å². The minimum Gasteiger partial charge on any atom is -0.479 e. The number of aliphatic hydroxyl groups excluding tert-OH is 1. The summed E-state index contributed by atoms with van der Waals surface area (Å²) in [6, 6.07) is 8.69. The lowest BCUT2D eigenvalue weighted by Gasteiger charge is -2.15. The van der Waals surface area contributed by atoms with Crippen molar-refractivity contribution in [1.29, 1.82) is 0 Å². The third kappa shape index (κ3) is 5.87. The first kappa shape index (κ1) is 15.0. The average molecular weight is 267 g/mol. The zero-order valence-electron chi connectivity index (χ0n) is 10.6. The lowest BCUT2D eigenvalue weighted by atomic mass is 10.1. The van der Waals surface area contributed by atoms with Crippen molar-refractivity contribution in [3.05, 3.63) is 35.9 Å². The van der Waals surface area contributed by atoms with Crippen LogP contribution in [0.5, 0.6) is 0 Å². The van der Waals surface area contributed by atoms with Gasteiger partial charge >= 0.3 is 12.1 Å². The number of aliphatic hydroxyl groups is 1. The highest BCUT2D eigenvalue weighted by Crippen LogP contribution is 2.02. The highest BCUT2D eigenvalue weighted by atomic mass is 16.5. The van der Waals surface area contributed by atoms with Gasteiger partial charge in [-0.2, -0.15) is 0 Å². The number of carboxylic acid groups (broad SMARTS) is 1. The molecule has 0 saturated heterocycles. The fourth-order valence-electron chi connectivity index (χ4n) is 1.46. The van der Waals surface area contributed by atoms with E-state index in [4.69, 9.17) is 14.9 Å². The van der Waals surface area contributed by atoms with Crippen molar-refractivity contribution in [2.24, 2.45) is 0 Å². The van der Waals surface area contributed by atoms with E-state index in [1.165, 1.54) is 0 Å². The Hall–Kier alpha value is -2.08. The molecule has 0 radical (unpaired) electrons. The molecule has 1 aromatic carbocycles. The molecule has 1 rings (SSSR count). The van der Waals surface area contributed by atoms with Gasteiger partial charge in [0, 0.05) is 12.5 Å². The van der Waals surface area contributed by atoms with E-state index in [-0.39, 0.29) is 13.0 Å². The maximum atomic E-state index is 11.4. The number of carboxylic acids is 1. The van der Waals surface area contributed by atoms with Gasteiger partial charge in [-0.15, -0.1) is 0 Å². The Bertz CT molecular complexity index is 420. The second-order valence-electron chi connectivity index (χ2n) is 4.20. The average Bonchev–Trinajstić information content (AvgIpc) is 2.37. The van der Waals surface area contributed by atoms with Gasteiger partial charge < -0.3 is 20.3 Å². The molecule has 0 saturated carbocycles. The maximum absolute atomic E-state index is 11.4. The number of hydrogen-bond donors (Lipinski definition) is 3. The van der Waals surface area contributed by atoms with Crippen molar-refractivity contribution in [2.45, 2.75) is 32.1 Å². The number of hydrogen-bond acceptors (Lipinski definition) is 4. The minimum atomic E-state index is -1.50. The molecule has 19 heavy (non-hydrogen) atoms. The molecule has 0 spiro atoms. The van der Waals surface area contributed by atoms with E-state index in [9.17, 15) is 9.59 Å². The monoisotopic (exact) mass is 267 g/mol. The Morgan fingerprint density at radius 1 is 1.32 bits per heavy atom. The Balaban J connectivity index is 2.29. The van der Waals surface area contributed by atoms with Crippen molar-refractivity contribution < 1.29 is 24.5 Å². The van der Waals surface area contributed by atoms with Gasteiger partial charge in [-0.05, 0) is 12.5 Å². The molecule has 1 aromatic rings. The molecule has 0 bridgehead atoms. The Labute approximate surface area is 111 Å². The number of carbonyl (C=O) groups excluding carboxylic acids is 1. The van der Waals surface area contributed by atoms with Crippen molar-refractivity contribution in [3.8, 4) is 0 Å². The summed E-state index contributed by atoms with van der Waals surface area (Å²) >= 11 is 0. The first-order chi connectivity index (χ1) is 8.99. The van der Waals surface area contributed by atoms with Crippen molar-refractivity contribution in [2.75, 3.05) is 0 Å². The van der Waals surface area contributed by atoms with E-state index >= 15 is 0 Å². The predicted octanol–water partition coefficient (Wildman–Crippen LogP) is 1.14. The van der Waals surface area contributed by atoms with Crippen LogP contribution in [0.1, 0.15) is 18.9 Å². The molecular formula is C13H17NO5. The molecule has 6 heteroatoms. The summed E-state index contributed by atoms with van der Waals surface area (Å²) in [4.78, 5) is 21.9. The van der Waals surface area contributed by atoms with Crippen LogP contribution in [0, 0.1) is 0 Å². The number of benzene rings is 1. The van der Waals surface area contributed by atoms with Crippen molar-refractivity contribution in [3.63, 3.8) is 0 Å². The summed E-state index contributed by atoms with van der Waals surface area (Å²) in [5.41, 5.74) is 0.857. The molecule has 0 fully saturated rings. The highest BCUT2D eigenvalue weighted by Gasteiger charge is 2.18. The normalized spacial score (nSPS) is 13.4. The van der Waals surface area contributed by atoms with E-state index in [1.807, 2.05) is 30.3 Å². The zero-order valence-corrected chi connectivity index (χ0v) is 10.6. The highest BCUT2D eigenvalue weighted by molar-refractivity contribution is 5.72. The van der Waals surface area contributed by atoms with E-state index in [0.717, 1.165) is 5.56 Å². The molecule has 2 unspecified atom stereocenters. The van der Waals surface area contributed by atoms with Crippen molar-refractivity contribution >= 4 is 12.1 Å². The second kappa shape index (κ2) is 7.38. The largest absolute Gasteiger partial charge is 0.479 e. The van der Waals surface area contributed by atoms with Crippen LogP contribution in [0.15, 0.2) is 30.3 Å². The predicted molar refractivity (Wildman–Crippen MR) is 67.5 cm³/mol. The van der Waals surface area contributed by atoms with Gasteiger partial charge in [0.2, 0.25) is 0 Å². The van der Waals surface area contributed by atoms with Crippen LogP contribution in [-0.4, -0.2) is 34.4 Å². The maximum Gasteiger partial charge on any atom is 0.407 e. The summed E-state index contributed by atoms with van der Waals surface area (Å²) < 4.78 is 4.96. The first-order valence-electron chi connectivity index (χ1n) is 5.87. The molecule has 2 atom stereocenters. The number of rotatable bonds is 6. The molecule has 0 aliphatic rings. The molecule has 0 aromatic heterocycles. The fourth-order valence-corrected chi connectivity index (χ4v) is 1.46. The van der Waals surface area contributed by atoms with E-state index in [1.54, 1.807) is 6.92 Å². The van der Waals surface area contributed by atoms with Crippen LogP contribution in [-0.2, 0) is 16.1 Å². The molecule has 104 valence electrons. The number of alkyl carbamates (subject to hydrolysis) is 1. The number of nitrogens with one attached hydrogen (secondary N) is 1. The van der Waals surface area contributed by atoms with Gasteiger partial charge in [-0.25, -0.2) is 9.59 Å². The fraction of sp³-hybridized carbons (Fsp3) is 0.385. The van der Waals surface area contributed by atoms with Gasteiger partial charge in [0.1, 0.15) is 6.61 Å². The Morgan fingerprint density at radius 3 is 2.53 bits per heavy atom. The summed E-state index contributed by atoms with van der Waals surface area (Å²) in [6.45, 7) is 1.73. The topological polar surface area (TPSA) is 95.9 Å². The summed E-state index contributed by atoms with van der Waals surface area (Å²) in [7, 11) is 0. The SMILES string of the molecule is CC(CC(O)C(=O)O)NC(=O)OCc1ccccc1. The van der Waals surface area contributed by atoms with Crippen LogP contribution in [0.3, 0.4) is 0 Å². The molecule has 1 amide bonds. The quantitative estimate of drug-likeness (QED) is 0.718. The van der Waals surface area contributed by atoms with Crippen LogP contribution in [0.4, 0.5) is 4.79 Å². The number of ether oxygens (including phenoxy) is 1. The molecule has 0 aliphatic carbocycles.